The Morgan fingerprint density at radius 1 is 1.25 bits per heavy atom. The second-order valence-electron chi connectivity index (χ2n) is 5.54. The van der Waals surface area contributed by atoms with Crippen LogP contribution < -0.4 is 0 Å². The smallest absolute Gasteiger partial charge is 0.164 e. The second-order valence-corrected chi connectivity index (χ2v) is 5.54. The zero-order chi connectivity index (χ0) is 15.2. The number of benzene rings is 1. The monoisotopic (exact) mass is 283 g/mol. The molecule has 0 bridgehead atoms. The highest BCUT2D eigenvalue weighted by atomic mass is 19.1. The van der Waals surface area contributed by atoms with Crippen molar-refractivity contribution in [2.75, 3.05) is 33.4 Å². The predicted molar refractivity (Wildman–Crippen MR) is 75.1 cm³/mol. The number of ketones is 1. The first-order valence-electron chi connectivity index (χ1n) is 6.59. The van der Waals surface area contributed by atoms with E-state index in [0.29, 0.717) is 25.1 Å². The van der Waals surface area contributed by atoms with E-state index < -0.39 is 5.41 Å². The van der Waals surface area contributed by atoms with Gasteiger partial charge in [0.15, 0.2) is 5.78 Å². The van der Waals surface area contributed by atoms with Crippen LogP contribution in [-0.2, 0) is 0 Å². The molecule has 1 rings (SSSR count). The van der Waals surface area contributed by atoms with Crippen molar-refractivity contribution >= 4 is 5.78 Å². The van der Waals surface area contributed by atoms with Crippen molar-refractivity contribution < 1.29 is 19.4 Å². The van der Waals surface area contributed by atoms with Crippen LogP contribution in [0.25, 0.3) is 0 Å². The Kier molecular flexibility index (Phi) is 6.26. The summed E-state index contributed by atoms with van der Waals surface area (Å²) in [6, 6.07) is 5.49. The van der Waals surface area contributed by atoms with Crippen molar-refractivity contribution in [2.24, 2.45) is 5.41 Å². The summed E-state index contributed by atoms with van der Waals surface area (Å²) >= 11 is 0. The molecule has 0 aliphatic rings. The normalized spacial score (nSPS) is 11.9. The zero-order valence-corrected chi connectivity index (χ0v) is 12.0. The lowest BCUT2D eigenvalue weighted by Crippen LogP contribution is -2.39. The highest BCUT2D eigenvalue weighted by molar-refractivity contribution is 5.96. The van der Waals surface area contributed by atoms with Crippen LogP contribution >= 0.6 is 0 Å². The first kappa shape index (κ1) is 16.8. The van der Waals surface area contributed by atoms with E-state index in [2.05, 4.69) is 0 Å². The van der Waals surface area contributed by atoms with Gasteiger partial charge in [-0.2, -0.15) is 0 Å². The summed E-state index contributed by atoms with van der Waals surface area (Å²) < 4.78 is 12.8. The molecule has 2 N–H and O–H groups in total. The molecule has 0 unspecified atom stereocenters. The number of Topliss-reactive ketones (excluding diaryl/α,β-unsaturated/α-hetero) is 1. The number of nitrogens with zero attached hydrogens (tertiary/aromatic N) is 1. The quantitative estimate of drug-likeness (QED) is 0.706. The van der Waals surface area contributed by atoms with E-state index in [4.69, 9.17) is 0 Å². The molecule has 0 aliphatic heterocycles. The van der Waals surface area contributed by atoms with Gasteiger partial charge in [-0.1, -0.05) is 6.92 Å². The minimum atomic E-state index is -0.576. The van der Waals surface area contributed by atoms with Crippen LogP contribution in [0.1, 0.15) is 23.7 Å². The summed E-state index contributed by atoms with van der Waals surface area (Å²) in [5.41, 5.74) is -0.0832. The van der Waals surface area contributed by atoms with Crippen LogP contribution in [0.4, 0.5) is 4.39 Å². The summed E-state index contributed by atoms with van der Waals surface area (Å²) in [5.74, 6) is -0.410. The Balaban J connectivity index is 2.46. The van der Waals surface area contributed by atoms with Gasteiger partial charge in [0, 0.05) is 30.5 Å². The molecule has 0 atom stereocenters. The van der Waals surface area contributed by atoms with Crippen LogP contribution in [0.5, 0.6) is 0 Å². The fourth-order valence-electron chi connectivity index (χ4n) is 1.95. The SMILES string of the molecule is CN(CCC(=O)c1ccc(F)cc1)CC(C)(CO)CO. The van der Waals surface area contributed by atoms with E-state index in [-0.39, 0.29) is 24.8 Å². The summed E-state index contributed by atoms with van der Waals surface area (Å²) in [6.07, 6.45) is 0.315. The van der Waals surface area contributed by atoms with Crippen molar-refractivity contribution in [3.05, 3.63) is 35.6 Å². The Morgan fingerprint density at radius 3 is 2.30 bits per heavy atom. The maximum absolute atomic E-state index is 12.8. The molecule has 0 amide bonds. The number of carbonyl (C=O) groups excluding carboxylic acids is 1. The van der Waals surface area contributed by atoms with Crippen LogP contribution in [0.2, 0.25) is 0 Å². The minimum absolute atomic E-state index is 0.0495. The van der Waals surface area contributed by atoms with Gasteiger partial charge in [0.2, 0.25) is 0 Å². The molecule has 1 aromatic rings. The molecule has 5 heteroatoms. The Hall–Kier alpha value is -1.30. The molecule has 0 fully saturated rings. The van der Waals surface area contributed by atoms with Crippen molar-refractivity contribution in [2.45, 2.75) is 13.3 Å². The van der Waals surface area contributed by atoms with Crippen LogP contribution in [0.15, 0.2) is 24.3 Å². The van der Waals surface area contributed by atoms with Crippen molar-refractivity contribution in [3.63, 3.8) is 0 Å². The van der Waals surface area contributed by atoms with Crippen molar-refractivity contribution in [1.82, 2.24) is 4.90 Å². The first-order chi connectivity index (χ1) is 9.40. The molecule has 0 radical (unpaired) electrons. The molecule has 0 aromatic heterocycles. The first-order valence-corrected chi connectivity index (χ1v) is 6.59. The third-order valence-corrected chi connectivity index (χ3v) is 3.30. The molecular weight excluding hydrogens is 261 g/mol. The molecular formula is C15H22FNO3. The number of hydrogen-bond donors (Lipinski definition) is 2. The fraction of sp³-hybridized carbons (Fsp3) is 0.533. The van der Waals surface area contributed by atoms with E-state index in [1.165, 1.54) is 24.3 Å². The van der Waals surface area contributed by atoms with Gasteiger partial charge in [0.25, 0.3) is 0 Å². The van der Waals surface area contributed by atoms with Gasteiger partial charge in [-0.05, 0) is 31.3 Å². The minimum Gasteiger partial charge on any atom is -0.396 e. The van der Waals surface area contributed by atoms with Gasteiger partial charge in [0.05, 0.1) is 13.2 Å². The maximum atomic E-state index is 12.8. The van der Waals surface area contributed by atoms with Crippen molar-refractivity contribution in [3.8, 4) is 0 Å². The van der Waals surface area contributed by atoms with Gasteiger partial charge in [-0.15, -0.1) is 0 Å². The van der Waals surface area contributed by atoms with Gasteiger partial charge in [-0.3, -0.25) is 4.79 Å². The number of halogens is 1. The molecule has 0 saturated heterocycles. The largest absolute Gasteiger partial charge is 0.396 e. The number of aliphatic hydroxyl groups is 2. The van der Waals surface area contributed by atoms with E-state index in [1.807, 2.05) is 11.9 Å². The predicted octanol–water partition coefficient (Wildman–Crippen LogP) is 1.32. The lowest BCUT2D eigenvalue weighted by molar-refractivity contribution is 0.0416. The Labute approximate surface area is 118 Å². The molecule has 0 saturated carbocycles. The van der Waals surface area contributed by atoms with Crippen LogP contribution in [-0.4, -0.2) is 54.2 Å². The van der Waals surface area contributed by atoms with E-state index in [9.17, 15) is 19.4 Å². The standard InChI is InChI=1S/C15H22FNO3/c1-15(10-18,11-19)9-17(2)8-7-14(20)12-3-5-13(16)6-4-12/h3-6,18-19H,7-11H2,1-2H3. The van der Waals surface area contributed by atoms with E-state index in [0.717, 1.165) is 0 Å². The highest BCUT2D eigenvalue weighted by Gasteiger charge is 2.24. The molecule has 1 aromatic carbocycles. The topological polar surface area (TPSA) is 60.8 Å². The summed E-state index contributed by atoms with van der Waals surface area (Å²) in [6.45, 7) is 2.58. The van der Waals surface area contributed by atoms with Crippen LogP contribution in [0.3, 0.4) is 0 Å². The van der Waals surface area contributed by atoms with Gasteiger partial charge < -0.3 is 15.1 Å². The number of aliphatic hydroxyl groups excluding tert-OH is 2. The van der Waals surface area contributed by atoms with Gasteiger partial charge in [0.1, 0.15) is 5.82 Å². The van der Waals surface area contributed by atoms with Gasteiger partial charge in [-0.25, -0.2) is 4.39 Å². The molecule has 0 heterocycles. The third kappa shape index (κ3) is 5.00. The van der Waals surface area contributed by atoms with E-state index in [1.54, 1.807) is 6.92 Å². The lowest BCUT2D eigenvalue weighted by Gasteiger charge is -2.30. The molecule has 20 heavy (non-hydrogen) atoms. The Bertz CT molecular complexity index is 429. The third-order valence-electron chi connectivity index (χ3n) is 3.30. The van der Waals surface area contributed by atoms with Crippen molar-refractivity contribution in [1.29, 1.82) is 0 Å². The maximum Gasteiger partial charge on any atom is 0.164 e. The number of hydrogen-bond acceptors (Lipinski definition) is 4. The summed E-state index contributed by atoms with van der Waals surface area (Å²) in [4.78, 5) is 13.8. The average Bonchev–Trinajstić information content (AvgIpc) is 2.45. The summed E-state index contributed by atoms with van der Waals surface area (Å²) in [5, 5.41) is 18.5. The van der Waals surface area contributed by atoms with E-state index >= 15 is 0 Å². The molecule has 0 aliphatic carbocycles. The molecule has 112 valence electrons. The summed E-state index contributed by atoms with van der Waals surface area (Å²) in [7, 11) is 1.83. The average molecular weight is 283 g/mol. The molecule has 0 spiro atoms. The lowest BCUT2D eigenvalue weighted by atomic mass is 9.92. The van der Waals surface area contributed by atoms with Gasteiger partial charge >= 0.3 is 0 Å². The zero-order valence-electron chi connectivity index (χ0n) is 12.0. The molecule has 4 nitrogen and oxygen atoms in total. The second kappa shape index (κ2) is 7.47. The number of rotatable bonds is 8. The van der Waals surface area contributed by atoms with Crippen LogP contribution in [0, 0.1) is 11.2 Å². The Morgan fingerprint density at radius 2 is 1.80 bits per heavy atom. The fourth-order valence-corrected chi connectivity index (χ4v) is 1.95. The highest BCUT2D eigenvalue weighted by Crippen LogP contribution is 2.16. The number of carbonyl (C=O) groups is 1.